The predicted octanol–water partition coefficient (Wildman–Crippen LogP) is 2.92. The predicted molar refractivity (Wildman–Crippen MR) is 86.5 cm³/mol. The normalized spacial score (nSPS) is 10.9. The van der Waals surface area contributed by atoms with E-state index in [1.807, 2.05) is 52.0 Å². The maximum absolute atomic E-state index is 11.7. The molecule has 1 rings (SSSR count). The molecule has 5 heteroatoms. The molecule has 122 valence electrons. The van der Waals surface area contributed by atoms with Gasteiger partial charge >= 0.3 is 6.09 Å². The van der Waals surface area contributed by atoms with E-state index in [1.165, 1.54) is 5.56 Å². The van der Waals surface area contributed by atoms with Crippen molar-refractivity contribution in [3.05, 3.63) is 35.4 Å². The average molecular weight is 306 g/mol. The lowest BCUT2D eigenvalue weighted by Gasteiger charge is -2.19. The largest absolute Gasteiger partial charge is 0.444 e. The van der Waals surface area contributed by atoms with Crippen LogP contribution in [0.15, 0.2) is 24.3 Å². The molecule has 2 amide bonds. The van der Waals surface area contributed by atoms with Crippen molar-refractivity contribution in [2.24, 2.45) is 0 Å². The summed E-state index contributed by atoms with van der Waals surface area (Å²) in [6.07, 6.45) is 0.508. The topological polar surface area (TPSA) is 67.4 Å². The fourth-order valence-corrected chi connectivity index (χ4v) is 1.86. The summed E-state index contributed by atoms with van der Waals surface area (Å²) in [4.78, 5) is 23.1. The highest BCUT2D eigenvalue weighted by Gasteiger charge is 2.15. The summed E-state index contributed by atoms with van der Waals surface area (Å²) >= 11 is 0. The minimum Gasteiger partial charge on any atom is -0.444 e. The molecular formula is C17H26N2O3. The second kappa shape index (κ2) is 8.41. The molecule has 0 unspecified atom stereocenters. The molecule has 0 aliphatic carbocycles. The summed E-state index contributed by atoms with van der Waals surface area (Å²) in [6.45, 7) is 8.41. The van der Waals surface area contributed by atoms with Gasteiger partial charge in [0.2, 0.25) is 5.91 Å². The zero-order chi connectivity index (χ0) is 16.6. The van der Waals surface area contributed by atoms with Crippen molar-refractivity contribution in [3.63, 3.8) is 0 Å². The Morgan fingerprint density at radius 2 is 1.91 bits per heavy atom. The van der Waals surface area contributed by atoms with E-state index in [0.717, 1.165) is 5.56 Å². The van der Waals surface area contributed by atoms with Crippen LogP contribution in [0.25, 0.3) is 0 Å². The highest BCUT2D eigenvalue weighted by Crippen LogP contribution is 2.06. The van der Waals surface area contributed by atoms with Gasteiger partial charge in [-0.05, 0) is 39.7 Å². The van der Waals surface area contributed by atoms with E-state index in [2.05, 4.69) is 10.6 Å². The lowest BCUT2D eigenvalue weighted by atomic mass is 10.1. The lowest BCUT2D eigenvalue weighted by Crippen LogP contribution is -2.33. The van der Waals surface area contributed by atoms with E-state index in [4.69, 9.17) is 4.74 Å². The van der Waals surface area contributed by atoms with Crippen LogP contribution < -0.4 is 10.6 Å². The molecule has 0 aliphatic rings. The van der Waals surface area contributed by atoms with E-state index >= 15 is 0 Å². The number of hydrogen-bond acceptors (Lipinski definition) is 3. The second-order valence-corrected chi connectivity index (χ2v) is 6.30. The summed E-state index contributed by atoms with van der Waals surface area (Å²) in [6, 6.07) is 8.02. The standard InChI is InChI=1S/C17H26N2O3/c1-13-7-5-8-14(11-13)12-19-15(20)9-6-10-18-16(21)22-17(2,3)4/h5,7-8,11H,6,9-10,12H2,1-4H3,(H,18,21)(H,19,20). The zero-order valence-corrected chi connectivity index (χ0v) is 13.9. The minimum absolute atomic E-state index is 0.0208. The third-order valence-electron chi connectivity index (χ3n) is 2.82. The van der Waals surface area contributed by atoms with E-state index in [1.54, 1.807) is 0 Å². The summed E-state index contributed by atoms with van der Waals surface area (Å²) in [7, 11) is 0. The third kappa shape index (κ3) is 8.29. The van der Waals surface area contributed by atoms with Gasteiger partial charge in [-0.25, -0.2) is 4.79 Å². The van der Waals surface area contributed by atoms with Crippen LogP contribution in [-0.4, -0.2) is 24.1 Å². The fraction of sp³-hybridized carbons (Fsp3) is 0.529. The van der Waals surface area contributed by atoms with E-state index in [0.29, 0.717) is 25.9 Å². The van der Waals surface area contributed by atoms with Gasteiger partial charge in [0.05, 0.1) is 0 Å². The Balaban J connectivity index is 2.15. The smallest absolute Gasteiger partial charge is 0.407 e. The number of carbonyl (C=O) groups excluding carboxylic acids is 2. The first kappa shape index (κ1) is 18.0. The molecule has 0 atom stereocenters. The molecule has 0 spiro atoms. The van der Waals surface area contributed by atoms with Crippen molar-refractivity contribution in [2.45, 2.75) is 52.7 Å². The van der Waals surface area contributed by atoms with Crippen LogP contribution in [0.5, 0.6) is 0 Å². The summed E-state index contributed by atoms with van der Waals surface area (Å²) < 4.78 is 5.11. The first-order chi connectivity index (χ1) is 10.3. The van der Waals surface area contributed by atoms with E-state index < -0.39 is 11.7 Å². The molecule has 1 aromatic rings. The molecular weight excluding hydrogens is 280 g/mol. The molecule has 0 heterocycles. The number of ether oxygens (including phenoxy) is 1. The van der Waals surface area contributed by atoms with Gasteiger partial charge in [0.1, 0.15) is 5.60 Å². The Hall–Kier alpha value is -2.04. The number of amides is 2. The fourth-order valence-electron chi connectivity index (χ4n) is 1.86. The third-order valence-corrected chi connectivity index (χ3v) is 2.82. The number of nitrogens with one attached hydrogen (secondary N) is 2. The molecule has 5 nitrogen and oxygen atoms in total. The van der Waals surface area contributed by atoms with Crippen molar-refractivity contribution < 1.29 is 14.3 Å². The zero-order valence-electron chi connectivity index (χ0n) is 13.9. The Morgan fingerprint density at radius 3 is 2.55 bits per heavy atom. The van der Waals surface area contributed by atoms with E-state index in [-0.39, 0.29) is 5.91 Å². The Kier molecular flexibility index (Phi) is 6.89. The molecule has 0 saturated heterocycles. The molecule has 1 aromatic carbocycles. The quantitative estimate of drug-likeness (QED) is 0.794. The monoisotopic (exact) mass is 306 g/mol. The van der Waals surface area contributed by atoms with Crippen LogP contribution in [-0.2, 0) is 16.1 Å². The van der Waals surface area contributed by atoms with Gasteiger partial charge in [-0.15, -0.1) is 0 Å². The van der Waals surface area contributed by atoms with Gasteiger partial charge in [0.15, 0.2) is 0 Å². The van der Waals surface area contributed by atoms with Gasteiger partial charge in [0, 0.05) is 19.5 Å². The highest BCUT2D eigenvalue weighted by molar-refractivity contribution is 5.76. The van der Waals surface area contributed by atoms with Crippen LogP contribution in [0.2, 0.25) is 0 Å². The van der Waals surface area contributed by atoms with Crippen molar-refractivity contribution in [1.82, 2.24) is 10.6 Å². The number of hydrogen-bond donors (Lipinski definition) is 2. The van der Waals surface area contributed by atoms with Crippen molar-refractivity contribution in [2.75, 3.05) is 6.54 Å². The first-order valence-corrected chi connectivity index (χ1v) is 7.55. The Bertz CT molecular complexity index is 507. The minimum atomic E-state index is -0.505. The molecule has 2 N–H and O–H groups in total. The summed E-state index contributed by atoms with van der Waals surface area (Å²) in [5.41, 5.74) is 1.75. The van der Waals surface area contributed by atoms with Crippen molar-refractivity contribution in [3.8, 4) is 0 Å². The summed E-state index contributed by atoms with van der Waals surface area (Å²) in [5.74, 6) is -0.0208. The van der Waals surface area contributed by atoms with Gasteiger partial charge in [0.25, 0.3) is 0 Å². The van der Waals surface area contributed by atoms with Crippen LogP contribution in [0, 0.1) is 6.92 Å². The number of rotatable bonds is 6. The molecule has 0 aromatic heterocycles. The van der Waals surface area contributed by atoms with Gasteiger partial charge in [-0.2, -0.15) is 0 Å². The van der Waals surface area contributed by atoms with Crippen LogP contribution in [0.3, 0.4) is 0 Å². The number of alkyl carbamates (subject to hydrolysis) is 1. The average Bonchev–Trinajstić information content (AvgIpc) is 2.39. The first-order valence-electron chi connectivity index (χ1n) is 7.55. The molecule has 0 saturated carbocycles. The molecule has 0 aliphatic heterocycles. The lowest BCUT2D eigenvalue weighted by molar-refractivity contribution is -0.121. The van der Waals surface area contributed by atoms with Crippen molar-refractivity contribution >= 4 is 12.0 Å². The Labute approximate surface area is 132 Å². The maximum Gasteiger partial charge on any atom is 0.407 e. The maximum atomic E-state index is 11.7. The summed E-state index contributed by atoms with van der Waals surface area (Å²) in [5, 5.41) is 5.50. The number of carbonyl (C=O) groups is 2. The number of aryl methyl sites for hydroxylation is 1. The van der Waals surface area contributed by atoms with Gasteiger partial charge in [-0.3, -0.25) is 4.79 Å². The SMILES string of the molecule is Cc1cccc(CNC(=O)CCCNC(=O)OC(C)(C)C)c1. The molecule has 22 heavy (non-hydrogen) atoms. The van der Waals surface area contributed by atoms with Crippen LogP contribution in [0.1, 0.15) is 44.7 Å². The molecule has 0 bridgehead atoms. The van der Waals surface area contributed by atoms with Crippen molar-refractivity contribution in [1.29, 1.82) is 0 Å². The molecule has 0 fully saturated rings. The van der Waals surface area contributed by atoms with Gasteiger partial charge < -0.3 is 15.4 Å². The van der Waals surface area contributed by atoms with Gasteiger partial charge in [-0.1, -0.05) is 29.8 Å². The Morgan fingerprint density at radius 1 is 1.18 bits per heavy atom. The van der Waals surface area contributed by atoms with Crippen LogP contribution >= 0.6 is 0 Å². The highest BCUT2D eigenvalue weighted by atomic mass is 16.6. The number of benzene rings is 1. The second-order valence-electron chi connectivity index (χ2n) is 6.30. The van der Waals surface area contributed by atoms with Crippen LogP contribution in [0.4, 0.5) is 4.79 Å². The molecule has 0 radical (unpaired) electrons. The van der Waals surface area contributed by atoms with E-state index in [9.17, 15) is 9.59 Å².